The minimum atomic E-state index is 0. The van der Waals surface area contributed by atoms with Crippen molar-refractivity contribution in [2.45, 2.75) is 32.6 Å². The van der Waals surface area contributed by atoms with Crippen molar-refractivity contribution in [3.8, 4) is 5.75 Å². The number of anilines is 1. The van der Waals surface area contributed by atoms with Gasteiger partial charge < -0.3 is 24.8 Å². The molecule has 154 valence electrons. The number of aliphatic imine (C=N–C) groups is 1. The summed E-state index contributed by atoms with van der Waals surface area (Å²) >= 11 is 0. The minimum Gasteiger partial charge on any atom is -0.493 e. The van der Waals surface area contributed by atoms with Crippen molar-refractivity contribution in [2.24, 2.45) is 10.4 Å². The lowest BCUT2D eigenvalue weighted by Crippen LogP contribution is -2.31. The highest BCUT2D eigenvalue weighted by atomic mass is 127. The Labute approximate surface area is 180 Å². The van der Waals surface area contributed by atoms with Crippen molar-refractivity contribution in [1.82, 2.24) is 5.32 Å². The molecule has 0 aliphatic heterocycles. The molecule has 0 amide bonds. The lowest BCUT2D eigenvalue weighted by atomic mass is 10.0. The second-order valence-corrected chi connectivity index (χ2v) is 6.79. The summed E-state index contributed by atoms with van der Waals surface area (Å²) in [6.07, 6.45) is 4.44. The minimum absolute atomic E-state index is 0. The molecule has 0 unspecified atom stereocenters. The Kier molecular flexibility index (Phi) is 11.7. The Morgan fingerprint density at radius 3 is 2.59 bits per heavy atom. The Morgan fingerprint density at radius 2 is 1.93 bits per heavy atom. The zero-order chi connectivity index (χ0) is 18.7. The summed E-state index contributed by atoms with van der Waals surface area (Å²) in [6.45, 7) is 5.89. The molecule has 1 aliphatic carbocycles. The average molecular weight is 491 g/mol. The monoisotopic (exact) mass is 491 g/mol. The van der Waals surface area contributed by atoms with E-state index in [2.05, 4.69) is 17.6 Å². The first-order valence-corrected chi connectivity index (χ1v) is 9.47. The molecule has 0 heterocycles. The van der Waals surface area contributed by atoms with Gasteiger partial charge in [-0.25, -0.2) is 0 Å². The molecule has 0 atom stereocenters. The van der Waals surface area contributed by atoms with Crippen LogP contribution < -0.4 is 15.4 Å². The molecule has 0 spiro atoms. The van der Waals surface area contributed by atoms with Crippen LogP contribution in [0.15, 0.2) is 29.3 Å². The van der Waals surface area contributed by atoms with Gasteiger partial charge in [-0.1, -0.05) is 6.07 Å². The molecule has 27 heavy (non-hydrogen) atoms. The maximum atomic E-state index is 5.76. The molecular weight excluding hydrogens is 457 g/mol. The Morgan fingerprint density at radius 1 is 1.15 bits per heavy atom. The van der Waals surface area contributed by atoms with E-state index >= 15 is 0 Å². The number of benzene rings is 1. The fourth-order valence-corrected chi connectivity index (χ4v) is 2.73. The topological polar surface area (TPSA) is 64.1 Å². The highest BCUT2D eigenvalue weighted by Crippen LogP contribution is 2.48. The summed E-state index contributed by atoms with van der Waals surface area (Å²) in [6, 6.07) is 7.97. The van der Waals surface area contributed by atoms with Gasteiger partial charge in [0.15, 0.2) is 5.96 Å². The summed E-state index contributed by atoms with van der Waals surface area (Å²) < 4.78 is 16.0. The van der Waals surface area contributed by atoms with Gasteiger partial charge in [-0.3, -0.25) is 4.99 Å². The van der Waals surface area contributed by atoms with Gasteiger partial charge in [0.25, 0.3) is 0 Å². The molecule has 0 radical (unpaired) electrons. The molecular formula is C20H34IN3O3. The SMILES string of the molecule is CCNC(=NCC1(CCOC)CC1)Nc1cccc(OCCCOC)c1.I. The van der Waals surface area contributed by atoms with E-state index in [4.69, 9.17) is 19.2 Å². The van der Waals surface area contributed by atoms with Gasteiger partial charge in [0.1, 0.15) is 5.75 Å². The predicted octanol–water partition coefficient (Wildman–Crippen LogP) is 3.91. The number of nitrogens with one attached hydrogen (secondary N) is 2. The molecule has 1 aromatic carbocycles. The van der Waals surface area contributed by atoms with Gasteiger partial charge in [-0.05, 0) is 43.7 Å². The highest BCUT2D eigenvalue weighted by molar-refractivity contribution is 14.0. The molecule has 1 saturated carbocycles. The summed E-state index contributed by atoms with van der Waals surface area (Å²) in [7, 11) is 3.46. The van der Waals surface area contributed by atoms with Gasteiger partial charge in [-0.15, -0.1) is 24.0 Å². The first-order valence-electron chi connectivity index (χ1n) is 9.47. The molecule has 0 saturated heterocycles. The molecule has 0 aromatic heterocycles. The van der Waals surface area contributed by atoms with Crippen molar-refractivity contribution in [1.29, 1.82) is 0 Å². The Hall–Kier alpha value is -1.06. The highest BCUT2D eigenvalue weighted by Gasteiger charge is 2.41. The smallest absolute Gasteiger partial charge is 0.195 e. The zero-order valence-electron chi connectivity index (χ0n) is 16.8. The van der Waals surface area contributed by atoms with Crippen LogP contribution in [0.1, 0.15) is 32.6 Å². The number of guanidine groups is 1. The van der Waals surface area contributed by atoms with Crippen LogP contribution in [0.25, 0.3) is 0 Å². The van der Waals surface area contributed by atoms with E-state index in [0.717, 1.165) is 49.9 Å². The number of hydrogen-bond donors (Lipinski definition) is 2. The summed E-state index contributed by atoms with van der Waals surface area (Å²) in [4.78, 5) is 4.79. The summed E-state index contributed by atoms with van der Waals surface area (Å²) in [5.74, 6) is 1.66. The van der Waals surface area contributed by atoms with Gasteiger partial charge in [0.05, 0.1) is 6.61 Å². The number of halogens is 1. The number of methoxy groups -OCH3 is 2. The lowest BCUT2D eigenvalue weighted by Gasteiger charge is -2.15. The van der Waals surface area contributed by atoms with E-state index in [9.17, 15) is 0 Å². The summed E-state index contributed by atoms with van der Waals surface area (Å²) in [5, 5.41) is 6.70. The van der Waals surface area contributed by atoms with Crippen LogP contribution in [0.3, 0.4) is 0 Å². The Balaban J connectivity index is 0.00000364. The molecule has 2 N–H and O–H groups in total. The summed E-state index contributed by atoms with van der Waals surface area (Å²) in [5.41, 5.74) is 1.31. The van der Waals surface area contributed by atoms with Gasteiger partial charge in [0, 0.05) is 58.7 Å². The molecule has 1 fully saturated rings. The second-order valence-electron chi connectivity index (χ2n) is 6.79. The van der Waals surface area contributed by atoms with Gasteiger partial charge in [0.2, 0.25) is 0 Å². The third kappa shape index (κ3) is 9.12. The molecule has 7 heteroatoms. The van der Waals surface area contributed by atoms with E-state index in [-0.39, 0.29) is 24.0 Å². The second kappa shape index (κ2) is 13.2. The quantitative estimate of drug-likeness (QED) is 0.201. The molecule has 1 aliphatic rings. The fraction of sp³-hybridized carbons (Fsp3) is 0.650. The molecule has 2 rings (SSSR count). The number of rotatable bonds is 12. The standard InChI is InChI=1S/C20H33N3O3.HI/c1-4-21-19(22-16-20(9-10-20)11-14-25-3)23-17-7-5-8-18(15-17)26-13-6-12-24-2;/h5,7-8,15H,4,6,9-14,16H2,1-3H3,(H2,21,22,23);1H. The maximum Gasteiger partial charge on any atom is 0.195 e. The molecule has 0 bridgehead atoms. The van der Waals surface area contributed by atoms with E-state index in [1.807, 2.05) is 24.3 Å². The third-order valence-corrected chi connectivity index (χ3v) is 4.57. The van der Waals surface area contributed by atoms with Crippen molar-refractivity contribution in [3.05, 3.63) is 24.3 Å². The van der Waals surface area contributed by atoms with Crippen LogP contribution >= 0.6 is 24.0 Å². The van der Waals surface area contributed by atoms with Crippen molar-refractivity contribution < 1.29 is 14.2 Å². The Bertz CT molecular complexity index is 565. The van der Waals surface area contributed by atoms with Crippen LogP contribution in [-0.4, -0.2) is 53.1 Å². The average Bonchev–Trinajstić information content (AvgIpc) is 3.43. The molecule has 6 nitrogen and oxygen atoms in total. The van der Waals surface area contributed by atoms with E-state index in [1.54, 1.807) is 14.2 Å². The first-order chi connectivity index (χ1) is 12.7. The van der Waals surface area contributed by atoms with Crippen LogP contribution in [0.5, 0.6) is 5.75 Å². The van der Waals surface area contributed by atoms with Crippen molar-refractivity contribution in [3.63, 3.8) is 0 Å². The first kappa shape index (κ1) is 24.0. The van der Waals surface area contributed by atoms with E-state index < -0.39 is 0 Å². The third-order valence-electron chi connectivity index (χ3n) is 4.57. The number of hydrogen-bond acceptors (Lipinski definition) is 4. The van der Waals surface area contributed by atoms with E-state index in [1.165, 1.54) is 12.8 Å². The maximum absolute atomic E-state index is 5.76. The lowest BCUT2D eigenvalue weighted by molar-refractivity contribution is 0.172. The van der Waals surface area contributed by atoms with E-state index in [0.29, 0.717) is 18.6 Å². The van der Waals surface area contributed by atoms with Crippen LogP contribution in [0, 0.1) is 5.41 Å². The number of nitrogens with zero attached hydrogens (tertiary/aromatic N) is 1. The van der Waals surface area contributed by atoms with Gasteiger partial charge >= 0.3 is 0 Å². The number of ether oxygens (including phenoxy) is 3. The fourth-order valence-electron chi connectivity index (χ4n) is 2.73. The zero-order valence-corrected chi connectivity index (χ0v) is 19.1. The molecule has 1 aromatic rings. The van der Waals surface area contributed by atoms with Crippen molar-refractivity contribution >= 4 is 35.6 Å². The van der Waals surface area contributed by atoms with Crippen LogP contribution in [0.4, 0.5) is 5.69 Å². The van der Waals surface area contributed by atoms with Gasteiger partial charge in [-0.2, -0.15) is 0 Å². The van der Waals surface area contributed by atoms with Crippen molar-refractivity contribution in [2.75, 3.05) is 52.4 Å². The normalized spacial score (nSPS) is 15.0. The van der Waals surface area contributed by atoms with Crippen LogP contribution in [-0.2, 0) is 9.47 Å². The predicted molar refractivity (Wildman–Crippen MR) is 122 cm³/mol. The largest absolute Gasteiger partial charge is 0.493 e. The van der Waals surface area contributed by atoms with Crippen LogP contribution in [0.2, 0.25) is 0 Å².